The SMILES string of the molecule is COc1ccc2nc(N3CCC(c4noc(C5CC5)n4)CC3)ccc2c1. The highest BCUT2D eigenvalue weighted by atomic mass is 16.5. The lowest BCUT2D eigenvalue weighted by molar-refractivity contribution is 0.364. The summed E-state index contributed by atoms with van der Waals surface area (Å²) < 4.78 is 10.7. The van der Waals surface area contributed by atoms with Crippen molar-refractivity contribution in [2.24, 2.45) is 0 Å². The summed E-state index contributed by atoms with van der Waals surface area (Å²) in [6.07, 6.45) is 4.46. The van der Waals surface area contributed by atoms with E-state index in [1.807, 2.05) is 18.2 Å². The van der Waals surface area contributed by atoms with Gasteiger partial charge in [-0.3, -0.25) is 0 Å². The lowest BCUT2D eigenvalue weighted by atomic mass is 9.96. The van der Waals surface area contributed by atoms with Crippen LogP contribution in [0.1, 0.15) is 49.2 Å². The minimum atomic E-state index is 0.396. The summed E-state index contributed by atoms with van der Waals surface area (Å²) in [5.74, 6) is 4.55. The van der Waals surface area contributed by atoms with Crippen LogP contribution in [0.4, 0.5) is 5.82 Å². The summed E-state index contributed by atoms with van der Waals surface area (Å²) in [5.41, 5.74) is 0.998. The molecule has 0 radical (unpaired) electrons. The van der Waals surface area contributed by atoms with Crippen molar-refractivity contribution in [3.8, 4) is 5.75 Å². The summed E-state index contributed by atoms with van der Waals surface area (Å²) in [5, 5.41) is 5.32. The molecule has 0 atom stereocenters. The van der Waals surface area contributed by atoms with Crippen LogP contribution >= 0.6 is 0 Å². The molecule has 0 N–H and O–H groups in total. The number of pyridine rings is 1. The van der Waals surface area contributed by atoms with Crippen LogP contribution in [0.5, 0.6) is 5.75 Å². The van der Waals surface area contributed by atoms with Gasteiger partial charge in [-0.1, -0.05) is 5.16 Å². The Bertz CT molecular complexity index is 926. The maximum absolute atomic E-state index is 5.42. The van der Waals surface area contributed by atoms with Gasteiger partial charge < -0.3 is 14.2 Å². The predicted octanol–water partition coefficient (Wildman–Crippen LogP) is 3.89. The molecule has 134 valence electrons. The second-order valence-electron chi connectivity index (χ2n) is 7.25. The molecule has 6 heteroatoms. The van der Waals surface area contributed by atoms with Crippen LogP contribution in [0.2, 0.25) is 0 Å². The zero-order valence-electron chi connectivity index (χ0n) is 14.9. The van der Waals surface area contributed by atoms with E-state index in [1.165, 1.54) is 12.8 Å². The van der Waals surface area contributed by atoms with Crippen LogP contribution in [0.3, 0.4) is 0 Å². The van der Waals surface area contributed by atoms with Crippen LogP contribution in [0.15, 0.2) is 34.9 Å². The number of rotatable bonds is 4. The van der Waals surface area contributed by atoms with Gasteiger partial charge in [-0.2, -0.15) is 4.98 Å². The molecule has 1 aromatic carbocycles. The highest BCUT2D eigenvalue weighted by molar-refractivity contribution is 5.81. The van der Waals surface area contributed by atoms with Crippen LogP contribution in [0.25, 0.3) is 10.9 Å². The first-order chi connectivity index (χ1) is 12.8. The Balaban J connectivity index is 1.29. The van der Waals surface area contributed by atoms with E-state index in [1.54, 1.807) is 7.11 Å². The topological polar surface area (TPSA) is 64.3 Å². The molecule has 3 aromatic rings. The van der Waals surface area contributed by atoms with Crippen molar-refractivity contribution in [2.45, 2.75) is 37.5 Å². The third-order valence-electron chi connectivity index (χ3n) is 5.45. The van der Waals surface area contributed by atoms with Crippen molar-refractivity contribution in [3.05, 3.63) is 42.0 Å². The van der Waals surface area contributed by atoms with E-state index in [4.69, 9.17) is 14.2 Å². The monoisotopic (exact) mass is 350 g/mol. The number of nitrogens with zero attached hydrogens (tertiary/aromatic N) is 4. The molecule has 1 aliphatic carbocycles. The Morgan fingerprint density at radius 3 is 2.62 bits per heavy atom. The number of aromatic nitrogens is 3. The molecule has 26 heavy (non-hydrogen) atoms. The average molecular weight is 350 g/mol. The maximum atomic E-state index is 5.42. The minimum Gasteiger partial charge on any atom is -0.497 e. The summed E-state index contributed by atoms with van der Waals surface area (Å²) in [6, 6.07) is 10.2. The van der Waals surface area contributed by atoms with Gasteiger partial charge in [-0.05, 0) is 56.0 Å². The molecule has 6 nitrogen and oxygen atoms in total. The van der Waals surface area contributed by atoms with E-state index in [9.17, 15) is 0 Å². The number of fused-ring (bicyclic) bond motifs is 1. The Morgan fingerprint density at radius 1 is 1.00 bits per heavy atom. The van der Waals surface area contributed by atoms with Gasteiger partial charge in [-0.15, -0.1) is 0 Å². The van der Waals surface area contributed by atoms with Crippen molar-refractivity contribution in [3.63, 3.8) is 0 Å². The van der Waals surface area contributed by atoms with Gasteiger partial charge in [-0.25, -0.2) is 4.98 Å². The Hall–Kier alpha value is -2.63. The molecule has 0 spiro atoms. The maximum Gasteiger partial charge on any atom is 0.229 e. The molecular weight excluding hydrogens is 328 g/mol. The second kappa shape index (κ2) is 6.27. The zero-order valence-corrected chi connectivity index (χ0v) is 14.9. The first-order valence-corrected chi connectivity index (χ1v) is 9.33. The van der Waals surface area contributed by atoms with Gasteiger partial charge in [0.1, 0.15) is 11.6 Å². The second-order valence-corrected chi connectivity index (χ2v) is 7.25. The Labute approximate surface area is 152 Å². The fourth-order valence-electron chi connectivity index (χ4n) is 3.67. The molecule has 1 aliphatic heterocycles. The fraction of sp³-hybridized carbons (Fsp3) is 0.450. The fourth-order valence-corrected chi connectivity index (χ4v) is 3.67. The number of piperidine rings is 1. The number of hydrogen-bond acceptors (Lipinski definition) is 6. The third-order valence-corrected chi connectivity index (χ3v) is 5.45. The lowest BCUT2D eigenvalue weighted by Gasteiger charge is -2.31. The molecule has 0 unspecified atom stereocenters. The smallest absolute Gasteiger partial charge is 0.229 e. The number of benzene rings is 1. The summed E-state index contributed by atoms with van der Waals surface area (Å²) in [7, 11) is 1.68. The zero-order chi connectivity index (χ0) is 17.5. The molecule has 3 heterocycles. The van der Waals surface area contributed by atoms with E-state index in [0.29, 0.717) is 11.8 Å². The molecular formula is C20H22N4O2. The summed E-state index contributed by atoms with van der Waals surface area (Å²) in [4.78, 5) is 11.8. The van der Waals surface area contributed by atoms with Crippen molar-refractivity contribution in [2.75, 3.05) is 25.1 Å². The largest absolute Gasteiger partial charge is 0.497 e. The molecule has 5 rings (SSSR count). The van der Waals surface area contributed by atoms with Gasteiger partial charge in [0.15, 0.2) is 5.82 Å². The van der Waals surface area contributed by atoms with E-state index in [0.717, 1.165) is 60.1 Å². The average Bonchev–Trinajstić information content (AvgIpc) is 3.44. The first kappa shape index (κ1) is 15.6. The lowest BCUT2D eigenvalue weighted by Crippen LogP contribution is -2.33. The van der Waals surface area contributed by atoms with E-state index in [2.05, 4.69) is 27.2 Å². The quantitative estimate of drug-likeness (QED) is 0.711. The molecule has 1 saturated heterocycles. The van der Waals surface area contributed by atoms with Gasteiger partial charge in [0, 0.05) is 30.3 Å². The van der Waals surface area contributed by atoms with Crippen LogP contribution in [-0.4, -0.2) is 35.3 Å². The van der Waals surface area contributed by atoms with E-state index in [-0.39, 0.29) is 0 Å². The Kier molecular flexibility index (Phi) is 3.76. The van der Waals surface area contributed by atoms with Gasteiger partial charge in [0.05, 0.1) is 12.6 Å². The molecule has 2 fully saturated rings. The number of methoxy groups -OCH3 is 1. The standard InChI is InChI=1S/C20H22N4O2/c1-25-16-5-6-17-15(12-16)4-7-18(21-17)24-10-8-13(9-11-24)19-22-20(26-23-19)14-2-3-14/h4-7,12-14H,2-3,8-11H2,1H3. The summed E-state index contributed by atoms with van der Waals surface area (Å²) >= 11 is 0. The predicted molar refractivity (Wildman–Crippen MR) is 98.8 cm³/mol. The van der Waals surface area contributed by atoms with Gasteiger partial charge >= 0.3 is 0 Å². The third kappa shape index (κ3) is 2.89. The molecule has 2 aliphatic rings. The van der Waals surface area contributed by atoms with E-state index < -0.39 is 0 Å². The van der Waals surface area contributed by atoms with Crippen molar-refractivity contribution in [1.29, 1.82) is 0 Å². The summed E-state index contributed by atoms with van der Waals surface area (Å²) in [6.45, 7) is 1.93. The first-order valence-electron chi connectivity index (χ1n) is 9.33. The van der Waals surface area contributed by atoms with Gasteiger partial charge in [0.2, 0.25) is 5.89 Å². The minimum absolute atomic E-state index is 0.396. The number of anilines is 1. The molecule has 1 saturated carbocycles. The number of ether oxygens (including phenoxy) is 1. The molecule has 2 aromatic heterocycles. The normalized spacial score (nSPS) is 18.4. The van der Waals surface area contributed by atoms with Gasteiger partial charge in [0.25, 0.3) is 0 Å². The molecule has 0 amide bonds. The van der Waals surface area contributed by atoms with Crippen LogP contribution < -0.4 is 9.64 Å². The van der Waals surface area contributed by atoms with Crippen LogP contribution in [0, 0.1) is 0 Å². The van der Waals surface area contributed by atoms with Crippen molar-refractivity contribution < 1.29 is 9.26 Å². The highest BCUT2D eigenvalue weighted by Crippen LogP contribution is 2.40. The van der Waals surface area contributed by atoms with Crippen LogP contribution in [-0.2, 0) is 0 Å². The highest BCUT2D eigenvalue weighted by Gasteiger charge is 2.32. The number of hydrogen-bond donors (Lipinski definition) is 0. The van der Waals surface area contributed by atoms with Crippen molar-refractivity contribution >= 4 is 16.7 Å². The molecule has 0 bridgehead atoms. The Morgan fingerprint density at radius 2 is 1.85 bits per heavy atom. The van der Waals surface area contributed by atoms with Crippen molar-refractivity contribution in [1.82, 2.24) is 15.1 Å². The van der Waals surface area contributed by atoms with E-state index >= 15 is 0 Å².